The number of aryl methyl sites for hydroxylation is 1. The molecular weight excluding hydrogens is 266 g/mol. The van der Waals surface area contributed by atoms with Crippen molar-refractivity contribution in [1.29, 1.82) is 5.26 Å². The van der Waals surface area contributed by atoms with E-state index in [0.717, 1.165) is 11.3 Å². The highest BCUT2D eigenvalue weighted by Crippen LogP contribution is 2.23. The summed E-state index contributed by atoms with van der Waals surface area (Å²) in [6.45, 7) is 1.98. The highest BCUT2D eigenvalue weighted by Gasteiger charge is 2.05. The minimum atomic E-state index is -1.24. The second-order valence-electron chi connectivity index (χ2n) is 4.46. The minimum absolute atomic E-state index is 0.303. The molecule has 0 aliphatic carbocycles. The number of ether oxygens (including phenoxy) is 1. The Kier molecular flexibility index (Phi) is 4.37. The summed E-state index contributed by atoms with van der Waals surface area (Å²) in [5.74, 6) is 0.144. The fourth-order valence-electron chi connectivity index (χ4n) is 1.76. The van der Waals surface area contributed by atoms with E-state index in [1.54, 1.807) is 30.3 Å². The summed E-state index contributed by atoms with van der Waals surface area (Å²) in [6, 6.07) is 16.2. The SMILES string of the molecule is Cc1cccc(Oc2ccc(C=C(C#N)C(=O)O)cc2)c1. The van der Waals surface area contributed by atoms with E-state index in [0.29, 0.717) is 11.3 Å². The Balaban J connectivity index is 2.16. The van der Waals surface area contributed by atoms with Crippen LogP contribution in [-0.2, 0) is 4.79 Å². The zero-order chi connectivity index (χ0) is 15.2. The molecule has 1 N–H and O–H groups in total. The van der Waals surface area contributed by atoms with Crippen molar-refractivity contribution in [3.05, 3.63) is 65.2 Å². The molecule has 0 bridgehead atoms. The molecule has 2 aromatic carbocycles. The Morgan fingerprint density at radius 1 is 1.19 bits per heavy atom. The van der Waals surface area contributed by atoms with Crippen molar-refractivity contribution in [1.82, 2.24) is 0 Å². The number of nitrogens with zero attached hydrogens (tertiary/aromatic N) is 1. The summed E-state index contributed by atoms with van der Waals surface area (Å²) in [7, 11) is 0. The van der Waals surface area contributed by atoms with Crippen LogP contribution in [0, 0.1) is 18.3 Å². The van der Waals surface area contributed by atoms with Crippen LogP contribution in [0.15, 0.2) is 54.1 Å². The van der Waals surface area contributed by atoms with Gasteiger partial charge >= 0.3 is 5.97 Å². The third kappa shape index (κ3) is 3.95. The summed E-state index contributed by atoms with van der Waals surface area (Å²) >= 11 is 0. The highest BCUT2D eigenvalue weighted by atomic mass is 16.5. The van der Waals surface area contributed by atoms with Crippen molar-refractivity contribution >= 4 is 12.0 Å². The molecule has 0 saturated carbocycles. The number of carbonyl (C=O) groups is 1. The molecule has 0 aliphatic rings. The summed E-state index contributed by atoms with van der Waals surface area (Å²) in [4.78, 5) is 10.8. The molecule has 0 radical (unpaired) electrons. The first-order valence-electron chi connectivity index (χ1n) is 6.28. The quantitative estimate of drug-likeness (QED) is 0.683. The van der Waals surface area contributed by atoms with Crippen molar-refractivity contribution in [3.63, 3.8) is 0 Å². The molecule has 0 unspecified atom stereocenters. The number of rotatable bonds is 4. The first-order valence-corrected chi connectivity index (χ1v) is 6.28. The smallest absolute Gasteiger partial charge is 0.346 e. The van der Waals surface area contributed by atoms with Crippen molar-refractivity contribution < 1.29 is 14.6 Å². The Hall–Kier alpha value is -3.06. The maximum atomic E-state index is 10.8. The maximum absolute atomic E-state index is 10.8. The summed E-state index contributed by atoms with van der Waals surface area (Å²) in [5.41, 5.74) is 1.43. The number of carboxylic acids is 1. The molecule has 0 fully saturated rings. The van der Waals surface area contributed by atoms with E-state index >= 15 is 0 Å². The predicted octanol–water partition coefficient (Wildman–Crippen LogP) is 3.78. The molecule has 104 valence electrons. The van der Waals surface area contributed by atoms with Gasteiger partial charge in [0.05, 0.1) is 0 Å². The van der Waals surface area contributed by atoms with Gasteiger partial charge in [0.2, 0.25) is 0 Å². The van der Waals surface area contributed by atoms with Gasteiger partial charge in [0.15, 0.2) is 0 Å². The van der Waals surface area contributed by atoms with Crippen molar-refractivity contribution in [2.75, 3.05) is 0 Å². The number of hydrogen-bond acceptors (Lipinski definition) is 3. The van der Waals surface area contributed by atoms with Crippen LogP contribution in [-0.4, -0.2) is 11.1 Å². The molecular formula is C17H13NO3. The lowest BCUT2D eigenvalue weighted by Crippen LogP contribution is -1.97. The average molecular weight is 279 g/mol. The maximum Gasteiger partial charge on any atom is 0.346 e. The van der Waals surface area contributed by atoms with E-state index in [-0.39, 0.29) is 5.57 Å². The Morgan fingerprint density at radius 3 is 2.48 bits per heavy atom. The van der Waals surface area contributed by atoms with Gasteiger partial charge in [-0.15, -0.1) is 0 Å². The van der Waals surface area contributed by atoms with Crippen molar-refractivity contribution in [2.24, 2.45) is 0 Å². The number of aliphatic carboxylic acids is 1. The largest absolute Gasteiger partial charge is 0.477 e. The van der Waals surface area contributed by atoms with E-state index in [1.807, 2.05) is 31.2 Å². The zero-order valence-corrected chi connectivity index (χ0v) is 11.4. The number of hydrogen-bond donors (Lipinski definition) is 1. The van der Waals surface area contributed by atoms with Gasteiger partial charge in [-0.3, -0.25) is 0 Å². The molecule has 2 rings (SSSR count). The van der Waals surface area contributed by atoms with Gasteiger partial charge in [0, 0.05) is 0 Å². The Morgan fingerprint density at radius 2 is 1.90 bits per heavy atom. The number of nitriles is 1. The molecule has 0 heterocycles. The predicted molar refractivity (Wildman–Crippen MR) is 78.9 cm³/mol. The molecule has 21 heavy (non-hydrogen) atoms. The topological polar surface area (TPSA) is 70.3 Å². The lowest BCUT2D eigenvalue weighted by Gasteiger charge is -2.06. The first-order chi connectivity index (χ1) is 10.1. The lowest BCUT2D eigenvalue weighted by atomic mass is 10.1. The van der Waals surface area contributed by atoms with Gasteiger partial charge in [-0.05, 0) is 48.4 Å². The van der Waals surface area contributed by atoms with Gasteiger partial charge in [-0.1, -0.05) is 24.3 Å². The molecule has 0 amide bonds. The van der Waals surface area contributed by atoms with Gasteiger partial charge in [-0.25, -0.2) is 4.79 Å². The molecule has 0 aromatic heterocycles. The second-order valence-corrected chi connectivity index (χ2v) is 4.46. The van der Waals surface area contributed by atoms with Crippen molar-refractivity contribution in [3.8, 4) is 17.6 Å². The van der Waals surface area contributed by atoms with Crippen LogP contribution in [0.2, 0.25) is 0 Å². The van der Waals surface area contributed by atoms with Gasteiger partial charge < -0.3 is 9.84 Å². The van der Waals surface area contributed by atoms with Crippen LogP contribution in [0.25, 0.3) is 6.08 Å². The number of carboxylic acid groups (broad SMARTS) is 1. The molecule has 0 atom stereocenters. The van der Waals surface area contributed by atoms with Crippen LogP contribution >= 0.6 is 0 Å². The van der Waals surface area contributed by atoms with E-state index in [4.69, 9.17) is 15.1 Å². The molecule has 4 nitrogen and oxygen atoms in total. The summed E-state index contributed by atoms with van der Waals surface area (Å²) < 4.78 is 5.69. The lowest BCUT2D eigenvalue weighted by molar-refractivity contribution is -0.132. The van der Waals surface area contributed by atoms with E-state index in [1.165, 1.54) is 6.08 Å². The first kappa shape index (κ1) is 14.4. The highest BCUT2D eigenvalue weighted by molar-refractivity contribution is 5.96. The second kappa shape index (κ2) is 6.40. The van der Waals surface area contributed by atoms with Crippen LogP contribution in [0.1, 0.15) is 11.1 Å². The third-order valence-electron chi connectivity index (χ3n) is 2.77. The van der Waals surface area contributed by atoms with E-state index in [2.05, 4.69) is 0 Å². The fourth-order valence-corrected chi connectivity index (χ4v) is 1.76. The Bertz CT molecular complexity index is 724. The van der Waals surface area contributed by atoms with E-state index in [9.17, 15) is 4.79 Å². The standard InChI is InChI=1S/C17H13NO3/c1-12-3-2-4-16(9-12)21-15-7-5-13(6-8-15)10-14(11-18)17(19)20/h2-10H,1H3,(H,19,20). The van der Waals surface area contributed by atoms with E-state index < -0.39 is 5.97 Å². The molecule has 0 spiro atoms. The normalized spacial score (nSPS) is 10.8. The average Bonchev–Trinajstić information content (AvgIpc) is 2.46. The monoisotopic (exact) mass is 279 g/mol. The molecule has 0 saturated heterocycles. The molecule has 0 aliphatic heterocycles. The molecule has 4 heteroatoms. The van der Waals surface area contributed by atoms with Crippen LogP contribution in [0.4, 0.5) is 0 Å². The molecule has 2 aromatic rings. The Labute approximate surface area is 122 Å². The minimum Gasteiger partial charge on any atom is -0.477 e. The number of benzene rings is 2. The summed E-state index contributed by atoms with van der Waals surface area (Å²) in [5, 5.41) is 17.5. The van der Waals surface area contributed by atoms with Gasteiger partial charge in [-0.2, -0.15) is 5.26 Å². The van der Waals surface area contributed by atoms with Crippen molar-refractivity contribution in [2.45, 2.75) is 6.92 Å². The van der Waals surface area contributed by atoms with Crippen LogP contribution in [0.3, 0.4) is 0 Å². The van der Waals surface area contributed by atoms with Gasteiger partial charge in [0.1, 0.15) is 23.1 Å². The zero-order valence-electron chi connectivity index (χ0n) is 11.4. The summed E-state index contributed by atoms with van der Waals surface area (Å²) in [6.07, 6.45) is 1.32. The van der Waals surface area contributed by atoms with Crippen LogP contribution < -0.4 is 4.74 Å². The van der Waals surface area contributed by atoms with Gasteiger partial charge in [0.25, 0.3) is 0 Å². The third-order valence-corrected chi connectivity index (χ3v) is 2.77. The van der Waals surface area contributed by atoms with Crippen LogP contribution in [0.5, 0.6) is 11.5 Å². The fraction of sp³-hybridized carbons (Fsp3) is 0.0588.